The molecule has 2 N–H and O–H groups in total. The van der Waals surface area contributed by atoms with Gasteiger partial charge in [-0.1, -0.05) is 18.7 Å². The minimum absolute atomic E-state index is 0.289. The highest BCUT2D eigenvalue weighted by atomic mass is 19.1. The Balaban J connectivity index is 2.34. The molecule has 0 aliphatic carbocycles. The number of hydrogen-bond acceptors (Lipinski definition) is 4. The third-order valence-corrected chi connectivity index (χ3v) is 3.91. The summed E-state index contributed by atoms with van der Waals surface area (Å²) in [6.07, 6.45) is 3.80. The second kappa shape index (κ2) is 7.01. The maximum atomic E-state index is 13.9. The lowest BCUT2D eigenvalue weighted by Gasteiger charge is -2.19. The summed E-state index contributed by atoms with van der Waals surface area (Å²) in [6.45, 7) is 8.73. The van der Waals surface area contributed by atoms with Gasteiger partial charge in [0.2, 0.25) is 0 Å². The minimum Gasteiger partial charge on any atom is -0.341 e. The van der Waals surface area contributed by atoms with E-state index in [4.69, 9.17) is 0 Å². The molecule has 0 aliphatic rings. The molecule has 1 aromatic heterocycles. The maximum Gasteiger partial charge on any atom is 0.144 e. The number of hydrogen-bond donors (Lipinski definition) is 2. The highest BCUT2D eigenvalue weighted by molar-refractivity contribution is 5.87. The lowest BCUT2D eigenvalue weighted by Crippen LogP contribution is -2.25. The minimum atomic E-state index is -1.50. The van der Waals surface area contributed by atoms with Crippen LogP contribution in [-0.2, 0) is 0 Å². The molecule has 0 saturated heterocycles. The van der Waals surface area contributed by atoms with Crippen molar-refractivity contribution >= 4 is 22.2 Å². The Morgan fingerprint density at radius 1 is 1.29 bits per heavy atom. The van der Waals surface area contributed by atoms with Crippen molar-refractivity contribution in [2.45, 2.75) is 26.4 Å². The number of pyridine rings is 1. The number of nitrogens with zero attached hydrogens (tertiary/aromatic N) is 2. The third-order valence-electron chi connectivity index (χ3n) is 3.91. The van der Waals surface area contributed by atoms with Crippen LogP contribution in [0.1, 0.15) is 26.3 Å². The number of halogens is 1. The summed E-state index contributed by atoms with van der Waals surface area (Å²) >= 11 is 0. The number of anilines is 1. The molecule has 1 aromatic carbocycles. The van der Waals surface area contributed by atoms with Gasteiger partial charge in [-0.3, -0.25) is 0 Å². The first kappa shape index (κ1) is 17.9. The Hall–Kier alpha value is -2.40. The normalized spacial score (nSPS) is 12.3. The van der Waals surface area contributed by atoms with Gasteiger partial charge in [0.1, 0.15) is 11.5 Å². The van der Waals surface area contributed by atoms with Crippen molar-refractivity contribution in [2.75, 3.05) is 19.4 Å². The van der Waals surface area contributed by atoms with Gasteiger partial charge in [0, 0.05) is 37.6 Å². The van der Waals surface area contributed by atoms with Crippen molar-refractivity contribution in [3.05, 3.63) is 54.5 Å². The quantitative estimate of drug-likeness (QED) is 0.774. The fourth-order valence-electron chi connectivity index (χ4n) is 2.19. The van der Waals surface area contributed by atoms with E-state index >= 15 is 0 Å². The molecule has 0 fully saturated rings. The number of fused-ring (bicyclic) bond motifs is 1. The molecule has 0 atom stereocenters. The number of benzene rings is 1. The summed E-state index contributed by atoms with van der Waals surface area (Å²) < 4.78 is 13.9. The lowest BCUT2D eigenvalue weighted by atomic mass is 10.0. The molecule has 5 heteroatoms. The fraction of sp³-hybridized carbons (Fsp3) is 0.316. The third kappa shape index (κ3) is 4.32. The number of alkyl halides is 1. The molecule has 0 unspecified atom stereocenters. The summed E-state index contributed by atoms with van der Waals surface area (Å²) in [5.41, 5.74) is 4.07. The summed E-state index contributed by atoms with van der Waals surface area (Å²) in [6, 6.07) is 8.10. The molecule has 0 aliphatic heterocycles. The van der Waals surface area contributed by atoms with E-state index in [0.29, 0.717) is 5.82 Å². The zero-order chi connectivity index (χ0) is 17.9. The van der Waals surface area contributed by atoms with Gasteiger partial charge in [-0.15, -0.1) is 0 Å². The van der Waals surface area contributed by atoms with E-state index in [1.165, 1.54) is 13.8 Å². The molecule has 24 heavy (non-hydrogen) atoms. The van der Waals surface area contributed by atoms with E-state index in [1.807, 2.05) is 37.4 Å². The van der Waals surface area contributed by atoms with Gasteiger partial charge in [0.15, 0.2) is 0 Å². The Morgan fingerprint density at radius 2 is 2.00 bits per heavy atom. The van der Waals surface area contributed by atoms with E-state index < -0.39 is 5.67 Å². The number of rotatable bonds is 6. The van der Waals surface area contributed by atoms with Crippen LogP contribution < -0.4 is 10.7 Å². The standard InChI is InChI=1S/C19H25FN4/c1-13(12-24(6)21-5)15-7-8-16-11-22-18(10-17(16)9-15)23-14(2)19(3,4)20/h7-12,21H,2H2,1,3-6H3,(H,22,23)/b13-12+. The molecular formula is C19H25FN4. The predicted molar refractivity (Wildman–Crippen MR) is 100 cm³/mol. The van der Waals surface area contributed by atoms with Gasteiger partial charge in [0.05, 0.1) is 0 Å². The van der Waals surface area contributed by atoms with Gasteiger partial charge < -0.3 is 10.3 Å². The maximum absolute atomic E-state index is 13.9. The second-order valence-electron chi connectivity index (χ2n) is 6.35. The van der Waals surface area contributed by atoms with Gasteiger partial charge in [0.25, 0.3) is 0 Å². The van der Waals surface area contributed by atoms with Gasteiger partial charge in [-0.2, -0.15) is 0 Å². The Bertz CT molecular complexity index is 775. The first-order chi connectivity index (χ1) is 11.2. The Kier molecular flexibility index (Phi) is 5.24. The van der Waals surface area contributed by atoms with Crippen LogP contribution in [0, 0.1) is 0 Å². The van der Waals surface area contributed by atoms with Crippen LogP contribution in [0.25, 0.3) is 16.3 Å². The molecule has 0 spiro atoms. The lowest BCUT2D eigenvalue weighted by molar-refractivity contribution is 0.271. The van der Waals surface area contributed by atoms with Gasteiger partial charge >= 0.3 is 0 Å². The summed E-state index contributed by atoms with van der Waals surface area (Å²) in [5.74, 6) is 0.587. The van der Waals surface area contributed by atoms with Gasteiger partial charge in [-0.05, 0) is 49.4 Å². The Labute approximate surface area is 143 Å². The molecule has 0 amide bonds. The summed E-state index contributed by atoms with van der Waals surface area (Å²) in [7, 11) is 3.81. The van der Waals surface area contributed by atoms with Crippen molar-refractivity contribution in [3.63, 3.8) is 0 Å². The summed E-state index contributed by atoms with van der Waals surface area (Å²) in [5, 5.41) is 6.91. The fourth-order valence-corrected chi connectivity index (χ4v) is 2.19. The van der Waals surface area contributed by atoms with E-state index in [0.717, 1.165) is 21.9 Å². The molecule has 4 nitrogen and oxygen atoms in total. The van der Waals surface area contributed by atoms with Crippen molar-refractivity contribution in [1.29, 1.82) is 0 Å². The van der Waals surface area contributed by atoms with Crippen molar-refractivity contribution in [1.82, 2.24) is 15.4 Å². The number of nitrogens with one attached hydrogen (secondary N) is 2. The smallest absolute Gasteiger partial charge is 0.144 e. The van der Waals surface area contributed by atoms with Crippen LogP contribution in [0.15, 0.2) is 48.9 Å². The predicted octanol–water partition coefficient (Wildman–Crippen LogP) is 4.34. The number of aromatic nitrogens is 1. The second-order valence-corrected chi connectivity index (χ2v) is 6.35. The summed E-state index contributed by atoms with van der Waals surface area (Å²) in [4.78, 5) is 4.33. The van der Waals surface area contributed by atoms with Gasteiger partial charge in [-0.25, -0.2) is 14.8 Å². The van der Waals surface area contributed by atoms with Crippen LogP contribution >= 0.6 is 0 Å². The zero-order valence-electron chi connectivity index (χ0n) is 14.9. The first-order valence-corrected chi connectivity index (χ1v) is 7.85. The van der Waals surface area contributed by atoms with E-state index in [-0.39, 0.29) is 5.70 Å². The van der Waals surface area contributed by atoms with Crippen LogP contribution in [-0.4, -0.2) is 29.8 Å². The highest BCUT2D eigenvalue weighted by Gasteiger charge is 2.20. The highest BCUT2D eigenvalue weighted by Crippen LogP contribution is 2.25. The van der Waals surface area contributed by atoms with E-state index in [9.17, 15) is 4.39 Å². The molecule has 2 aromatic rings. The van der Waals surface area contributed by atoms with E-state index in [1.54, 1.807) is 6.20 Å². The average molecular weight is 328 g/mol. The van der Waals surface area contributed by atoms with Crippen LogP contribution in [0.5, 0.6) is 0 Å². The van der Waals surface area contributed by atoms with Crippen LogP contribution in [0.3, 0.4) is 0 Å². The molecule has 0 bridgehead atoms. The monoisotopic (exact) mass is 328 g/mol. The van der Waals surface area contributed by atoms with Crippen molar-refractivity contribution < 1.29 is 4.39 Å². The SMILES string of the molecule is C=C(Nc1cc2cc(/C(C)=C/N(C)NC)ccc2cn1)C(C)(C)F. The van der Waals surface area contributed by atoms with Crippen LogP contribution in [0.2, 0.25) is 0 Å². The number of allylic oxidation sites excluding steroid dienone is 2. The van der Waals surface area contributed by atoms with Crippen molar-refractivity contribution in [2.24, 2.45) is 0 Å². The first-order valence-electron chi connectivity index (χ1n) is 7.85. The van der Waals surface area contributed by atoms with E-state index in [2.05, 4.69) is 41.4 Å². The molecule has 1 heterocycles. The number of hydrazine groups is 1. The average Bonchev–Trinajstić information content (AvgIpc) is 2.53. The molecule has 0 radical (unpaired) electrons. The molecular weight excluding hydrogens is 303 g/mol. The topological polar surface area (TPSA) is 40.2 Å². The molecule has 0 saturated carbocycles. The largest absolute Gasteiger partial charge is 0.341 e. The zero-order valence-corrected chi connectivity index (χ0v) is 14.9. The Morgan fingerprint density at radius 3 is 2.62 bits per heavy atom. The molecule has 128 valence electrons. The molecule has 2 rings (SSSR count). The van der Waals surface area contributed by atoms with Crippen LogP contribution in [0.4, 0.5) is 10.2 Å². The van der Waals surface area contributed by atoms with Crippen molar-refractivity contribution in [3.8, 4) is 0 Å².